The molecule has 0 atom stereocenters. The molecule has 1 heterocycles. The average Bonchev–Trinajstić information content (AvgIpc) is 2.48. The predicted molar refractivity (Wildman–Crippen MR) is 74.1 cm³/mol. The van der Waals surface area contributed by atoms with Crippen molar-refractivity contribution < 1.29 is 19.4 Å². The molecule has 108 valence electrons. The molecule has 1 aliphatic heterocycles. The molecule has 1 saturated heterocycles. The van der Waals surface area contributed by atoms with Gasteiger partial charge in [0.15, 0.2) is 0 Å². The van der Waals surface area contributed by atoms with E-state index in [1.54, 1.807) is 12.1 Å². The first kappa shape index (κ1) is 14.3. The number of carboxylic acids is 1. The van der Waals surface area contributed by atoms with E-state index in [0.29, 0.717) is 6.54 Å². The fourth-order valence-corrected chi connectivity index (χ4v) is 2.23. The summed E-state index contributed by atoms with van der Waals surface area (Å²) < 4.78 is 4.65. The van der Waals surface area contributed by atoms with Gasteiger partial charge in [0.1, 0.15) is 0 Å². The first-order valence-electron chi connectivity index (χ1n) is 6.47. The molecule has 1 fully saturated rings. The zero-order valence-electron chi connectivity index (χ0n) is 11.4. The van der Waals surface area contributed by atoms with Gasteiger partial charge in [0.25, 0.3) is 0 Å². The molecule has 0 saturated carbocycles. The van der Waals surface area contributed by atoms with Crippen LogP contribution in [0.2, 0.25) is 0 Å². The van der Waals surface area contributed by atoms with Gasteiger partial charge >= 0.3 is 11.9 Å². The number of rotatable bonds is 4. The van der Waals surface area contributed by atoms with Gasteiger partial charge in [-0.25, -0.2) is 4.79 Å². The van der Waals surface area contributed by atoms with Crippen LogP contribution in [-0.4, -0.2) is 61.8 Å². The molecule has 0 spiro atoms. The van der Waals surface area contributed by atoms with Gasteiger partial charge in [-0.05, 0) is 24.3 Å². The van der Waals surface area contributed by atoms with Crippen molar-refractivity contribution >= 4 is 17.6 Å². The van der Waals surface area contributed by atoms with Gasteiger partial charge < -0.3 is 14.7 Å². The SMILES string of the molecule is COC(=O)CN1CCN(c2ccc(C(=O)O)cc2)CC1. The molecule has 6 nitrogen and oxygen atoms in total. The Morgan fingerprint density at radius 3 is 2.25 bits per heavy atom. The molecule has 20 heavy (non-hydrogen) atoms. The van der Waals surface area contributed by atoms with Gasteiger partial charge in [0, 0.05) is 31.9 Å². The van der Waals surface area contributed by atoms with Crippen LogP contribution < -0.4 is 4.90 Å². The van der Waals surface area contributed by atoms with Crippen LogP contribution in [0.25, 0.3) is 0 Å². The van der Waals surface area contributed by atoms with Gasteiger partial charge in [-0.3, -0.25) is 9.69 Å². The van der Waals surface area contributed by atoms with E-state index in [1.165, 1.54) is 7.11 Å². The lowest BCUT2D eigenvalue weighted by Gasteiger charge is -2.35. The number of carbonyl (C=O) groups excluding carboxylic acids is 1. The second-order valence-corrected chi connectivity index (χ2v) is 4.69. The maximum Gasteiger partial charge on any atom is 0.335 e. The van der Waals surface area contributed by atoms with Gasteiger partial charge in [-0.1, -0.05) is 0 Å². The normalized spacial score (nSPS) is 15.9. The summed E-state index contributed by atoms with van der Waals surface area (Å²) in [5.74, 6) is -1.14. The monoisotopic (exact) mass is 278 g/mol. The van der Waals surface area contributed by atoms with Crippen molar-refractivity contribution in [1.82, 2.24) is 4.90 Å². The van der Waals surface area contributed by atoms with Crippen LogP contribution in [0.5, 0.6) is 0 Å². The third-order valence-corrected chi connectivity index (χ3v) is 3.43. The van der Waals surface area contributed by atoms with Gasteiger partial charge in [0.2, 0.25) is 0 Å². The molecule has 0 bridgehead atoms. The fraction of sp³-hybridized carbons (Fsp3) is 0.429. The number of hydrogen-bond acceptors (Lipinski definition) is 5. The maximum absolute atomic E-state index is 11.2. The third-order valence-electron chi connectivity index (χ3n) is 3.43. The highest BCUT2D eigenvalue weighted by Gasteiger charge is 2.19. The Balaban J connectivity index is 1.90. The van der Waals surface area contributed by atoms with Gasteiger partial charge in [-0.2, -0.15) is 0 Å². The molecule has 0 unspecified atom stereocenters. The highest BCUT2D eigenvalue weighted by Crippen LogP contribution is 2.17. The van der Waals surface area contributed by atoms with Crippen molar-refractivity contribution in [2.75, 3.05) is 44.7 Å². The summed E-state index contributed by atoms with van der Waals surface area (Å²) in [5.41, 5.74) is 1.30. The van der Waals surface area contributed by atoms with Crippen LogP contribution >= 0.6 is 0 Å². The van der Waals surface area contributed by atoms with E-state index in [4.69, 9.17) is 5.11 Å². The number of esters is 1. The van der Waals surface area contributed by atoms with Crippen LogP contribution in [0.1, 0.15) is 10.4 Å². The number of nitrogens with zero attached hydrogens (tertiary/aromatic N) is 2. The molecule has 1 aromatic rings. The van der Waals surface area contributed by atoms with E-state index in [1.807, 2.05) is 17.0 Å². The van der Waals surface area contributed by atoms with Crippen LogP contribution in [0.15, 0.2) is 24.3 Å². The number of anilines is 1. The predicted octanol–water partition coefficient (Wildman–Crippen LogP) is 0.680. The highest BCUT2D eigenvalue weighted by molar-refractivity contribution is 5.88. The molecule has 0 radical (unpaired) electrons. The Labute approximate surface area is 117 Å². The Hall–Kier alpha value is -2.08. The van der Waals surface area contributed by atoms with Gasteiger partial charge in [-0.15, -0.1) is 0 Å². The van der Waals surface area contributed by atoms with Gasteiger partial charge in [0.05, 0.1) is 19.2 Å². The minimum atomic E-state index is -0.917. The number of benzene rings is 1. The first-order chi connectivity index (χ1) is 9.60. The molecule has 0 aliphatic carbocycles. The smallest absolute Gasteiger partial charge is 0.335 e. The number of carboxylic acid groups (broad SMARTS) is 1. The Morgan fingerprint density at radius 1 is 1.15 bits per heavy atom. The number of hydrogen-bond donors (Lipinski definition) is 1. The van der Waals surface area contributed by atoms with Crippen molar-refractivity contribution in [3.63, 3.8) is 0 Å². The second-order valence-electron chi connectivity index (χ2n) is 4.69. The molecule has 6 heteroatoms. The average molecular weight is 278 g/mol. The summed E-state index contributed by atoms with van der Waals surface area (Å²) in [6.45, 7) is 3.51. The molecule has 1 aromatic carbocycles. The number of ether oxygens (including phenoxy) is 1. The Kier molecular flexibility index (Phi) is 4.57. The number of carbonyl (C=O) groups is 2. The van der Waals surface area contributed by atoms with E-state index >= 15 is 0 Å². The zero-order valence-corrected chi connectivity index (χ0v) is 11.4. The second kappa shape index (κ2) is 6.38. The van der Waals surface area contributed by atoms with Crippen molar-refractivity contribution in [3.05, 3.63) is 29.8 Å². The largest absolute Gasteiger partial charge is 0.478 e. The Bertz CT molecular complexity index is 478. The van der Waals surface area contributed by atoms with Crippen molar-refractivity contribution in [2.45, 2.75) is 0 Å². The standard InChI is InChI=1S/C14H18N2O4/c1-20-13(17)10-15-6-8-16(9-7-15)12-4-2-11(3-5-12)14(18)19/h2-5H,6-10H2,1H3,(H,18,19). The Morgan fingerprint density at radius 2 is 1.75 bits per heavy atom. The molecule has 1 aliphatic rings. The summed E-state index contributed by atoms with van der Waals surface area (Å²) in [6.07, 6.45) is 0. The van der Waals surface area contributed by atoms with Crippen molar-refractivity contribution in [2.24, 2.45) is 0 Å². The summed E-state index contributed by atoms with van der Waals surface area (Å²) in [5, 5.41) is 8.86. The molecule has 1 N–H and O–H groups in total. The summed E-state index contributed by atoms with van der Waals surface area (Å²) in [6, 6.07) is 6.86. The lowest BCUT2D eigenvalue weighted by Crippen LogP contribution is -2.48. The number of piperazine rings is 1. The van der Waals surface area contributed by atoms with Crippen molar-refractivity contribution in [3.8, 4) is 0 Å². The van der Waals surface area contributed by atoms with Crippen LogP contribution in [0, 0.1) is 0 Å². The molecular weight excluding hydrogens is 260 g/mol. The molecular formula is C14H18N2O4. The number of methoxy groups -OCH3 is 1. The lowest BCUT2D eigenvalue weighted by molar-refractivity contribution is -0.142. The van der Waals surface area contributed by atoms with E-state index in [9.17, 15) is 9.59 Å². The maximum atomic E-state index is 11.2. The third kappa shape index (κ3) is 3.48. The quantitative estimate of drug-likeness (QED) is 0.817. The highest BCUT2D eigenvalue weighted by atomic mass is 16.5. The van der Waals surface area contributed by atoms with Crippen LogP contribution in [0.4, 0.5) is 5.69 Å². The minimum Gasteiger partial charge on any atom is -0.478 e. The summed E-state index contributed by atoms with van der Waals surface area (Å²) >= 11 is 0. The van der Waals surface area contributed by atoms with Crippen LogP contribution in [-0.2, 0) is 9.53 Å². The van der Waals surface area contributed by atoms with E-state index in [2.05, 4.69) is 9.64 Å². The summed E-state index contributed by atoms with van der Waals surface area (Å²) in [7, 11) is 1.39. The topological polar surface area (TPSA) is 70.1 Å². The molecule has 0 amide bonds. The van der Waals surface area contributed by atoms with Crippen molar-refractivity contribution in [1.29, 1.82) is 0 Å². The van der Waals surface area contributed by atoms with E-state index in [0.717, 1.165) is 31.9 Å². The van der Waals surface area contributed by atoms with E-state index in [-0.39, 0.29) is 11.5 Å². The lowest BCUT2D eigenvalue weighted by atomic mass is 10.2. The van der Waals surface area contributed by atoms with Crippen LogP contribution in [0.3, 0.4) is 0 Å². The summed E-state index contributed by atoms with van der Waals surface area (Å²) in [4.78, 5) is 26.2. The minimum absolute atomic E-state index is 0.218. The first-order valence-corrected chi connectivity index (χ1v) is 6.47. The molecule has 2 rings (SSSR count). The zero-order chi connectivity index (χ0) is 14.5. The van der Waals surface area contributed by atoms with E-state index < -0.39 is 5.97 Å². The fourth-order valence-electron chi connectivity index (χ4n) is 2.23. The molecule has 0 aromatic heterocycles. The number of aromatic carboxylic acids is 1.